The summed E-state index contributed by atoms with van der Waals surface area (Å²) in [5, 5.41) is 0. The number of hydrogen-bond donors (Lipinski definition) is 0. The maximum Gasteiger partial charge on any atom is 0.219 e. The maximum atomic E-state index is 11.5. The molecule has 1 heterocycles. The van der Waals surface area contributed by atoms with Crippen molar-refractivity contribution in [2.24, 2.45) is 5.92 Å². The smallest absolute Gasteiger partial charge is 0.219 e. The molecule has 0 aromatic heterocycles. The van der Waals surface area contributed by atoms with Gasteiger partial charge in [-0.25, -0.2) is 0 Å². The Labute approximate surface area is 134 Å². The fourth-order valence-electron chi connectivity index (χ4n) is 2.99. The number of carbonyl (C=O) groups excluding carboxylic acids is 1. The molecule has 0 N–H and O–H groups in total. The van der Waals surface area contributed by atoms with Gasteiger partial charge in [-0.1, -0.05) is 18.2 Å². The van der Waals surface area contributed by atoms with Crippen LogP contribution in [0.15, 0.2) is 30.3 Å². The molecule has 1 saturated heterocycles. The van der Waals surface area contributed by atoms with Crippen molar-refractivity contribution in [2.75, 3.05) is 39.3 Å². The summed E-state index contributed by atoms with van der Waals surface area (Å²) in [6, 6.07) is 9.98. The average molecular weight is 304 g/mol. The van der Waals surface area contributed by atoms with E-state index in [9.17, 15) is 4.79 Å². The first kappa shape index (κ1) is 16.8. The summed E-state index contributed by atoms with van der Waals surface area (Å²) in [6.45, 7) is 9.39. The number of hydrogen-bond acceptors (Lipinski definition) is 3. The number of likely N-dealkylation sites (tertiary alicyclic amines) is 1. The first-order chi connectivity index (χ1) is 10.7. The van der Waals surface area contributed by atoms with Crippen LogP contribution in [0.25, 0.3) is 0 Å². The van der Waals surface area contributed by atoms with E-state index in [2.05, 4.69) is 11.8 Å². The Hall–Kier alpha value is -1.55. The van der Waals surface area contributed by atoms with Gasteiger partial charge in [-0.2, -0.15) is 0 Å². The van der Waals surface area contributed by atoms with Crippen LogP contribution >= 0.6 is 0 Å². The van der Waals surface area contributed by atoms with Crippen molar-refractivity contribution in [3.8, 4) is 5.75 Å². The van der Waals surface area contributed by atoms with Crippen molar-refractivity contribution in [1.29, 1.82) is 0 Å². The second-order valence-corrected chi connectivity index (χ2v) is 6.00. The van der Waals surface area contributed by atoms with Gasteiger partial charge in [-0.3, -0.25) is 9.69 Å². The third kappa shape index (κ3) is 5.34. The maximum absolute atomic E-state index is 11.5. The molecule has 122 valence electrons. The Kier molecular flexibility index (Phi) is 6.72. The Morgan fingerprint density at radius 3 is 2.55 bits per heavy atom. The van der Waals surface area contributed by atoms with Crippen LogP contribution in [0.2, 0.25) is 0 Å². The molecule has 0 saturated carbocycles. The molecule has 22 heavy (non-hydrogen) atoms. The molecule has 1 aromatic rings. The molecule has 1 fully saturated rings. The van der Waals surface area contributed by atoms with E-state index in [0.717, 1.165) is 45.1 Å². The summed E-state index contributed by atoms with van der Waals surface area (Å²) in [5.74, 6) is 1.79. The number of carbonyl (C=O) groups is 1. The van der Waals surface area contributed by atoms with Crippen LogP contribution in [-0.4, -0.2) is 55.0 Å². The van der Waals surface area contributed by atoms with Gasteiger partial charge >= 0.3 is 0 Å². The second kappa shape index (κ2) is 8.79. The van der Waals surface area contributed by atoms with Crippen LogP contribution in [0.3, 0.4) is 0 Å². The first-order valence-corrected chi connectivity index (χ1v) is 8.34. The lowest BCUT2D eigenvalue weighted by Crippen LogP contribution is -2.41. The lowest BCUT2D eigenvalue weighted by molar-refractivity contribution is -0.129. The zero-order valence-corrected chi connectivity index (χ0v) is 13.8. The molecule has 0 radical (unpaired) electrons. The molecule has 0 atom stereocenters. The molecule has 1 aromatic carbocycles. The van der Waals surface area contributed by atoms with Gasteiger partial charge in [0, 0.05) is 26.6 Å². The highest BCUT2D eigenvalue weighted by molar-refractivity contribution is 5.73. The normalized spacial score (nSPS) is 16.5. The van der Waals surface area contributed by atoms with Crippen molar-refractivity contribution in [2.45, 2.75) is 26.7 Å². The van der Waals surface area contributed by atoms with E-state index >= 15 is 0 Å². The third-order valence-electron chi connectivity index (χ3n) is 4.43. The monoisotopic (exact) mass is 304 g/mol. The highest BCUT2D eigenvalue weighted by Crippen LogP contribution is 2.18. The first-order valence-electron chi connectivity index (χ1n) is 8.34. The van der Waals surface area contributed by atoms with Crippen molar-refractivity contribution in [3.63, 3.8) is 0 Å². The predicted molar refractivity (Wildman–Crippen MR) is 89.0 cm³/mol. The average Bonchev–Trinajstić information content (AvgIpc) is 2.54. The van der Waals surface area contributed by atoms with Crippen molar-refractivity contribution in [3.05, 3.63) is 30.3 Å². The summed E-state index contributed by atoms with van der Waals surface area (Å²) in [4.78, 5) is 15.9. The fraction of sp³-hybridized carbons (Fsp3) is 0.611. The standard InChI is InChI=1S/C18H28N2O2/c1-3-20(16(2)21)15-17-9-11-19(12-10-17)13-14-22-18-7-5-4-6-8-18/h4-8,17H,3,9-15H2,1-2H3. The van der Waals surface area contributed by atoms with Gasteiger partial charge < -0.3 is 9.64 Å². The second-order valence-electron chi connectivity index (χ2n) is 6.00. The molecule has 4 nitrogen and oxygen atoms in total. The number of para-hydroxylation sites is 1. The Morgan fingerprint density at radius 2 is 1.95 bits per heavy atom. The molecule has 0 aliphatic carbocycles. The predicted octanol–water partition coefficient (Wildman–Crippen LogP) is 2.65. The summed E-state index contributed by atoms with van der Waals surface area (Å²) in [5.41, 5.74) is 0. The van der Waals surface area contributed by atoms with Crippen molar-refractivity contribution >= 4 is 5.91 Å². The minimum atomic E-state index is 0.196. The molecule has 4 heteroatoms. The van der Waals surface area contributed by atoms with Crippen LogP contribution in [0.5, 0.6) is 5.75 Å². The Balaban J connectivity index is 1.64. The molecule has 2 rings (SSSR count). The van der Waals surface area contributed by atoms with Crippen LogP contribution in [0.1, 0.15) is 26.7 Å². The Bertz CT molecular complexity index is 442. The number of piperidine rings is 1. The molecular weight excluding hydrogens is 276 g/mol. The molecule has 1 aliphatic heterocycles. The molecular formula is C18H28N2O2. The van der Waals surface area contributed by atoms with Crippen LogP contribution in [-0.2, 0) is 4.79 Å². The van der Waals surface area contributed by atoms with Gasteiger partial charge in [0.2, 0.25) is 5.91 Å². The molecule has 0 bridgehead atoms. The lowest BCUT2D eigenvalue weighted by Gasteiger charge is -2.34. The summed E-state index contributed by atoms with van der Waals surface area (Å²) < 4.78 is 5.75. The summed E-state index contributed by atoms with van der Waals surface area (Å²) in [6.07, 6.45) is 2.35. The Morgan fingerprint density at radius 1 is 1.27 bits per heavy atom. The largest absolute Gasteiger partial charge is 0.492 e. The third-order valence-corrected chi connectivity index (χ3v) is 4.43. The minimum Gasteiger partial charge on any atom is -0.492 e. The SMILES string of the molecule is CCN(CC1CCN(CCOc2ccccc2)CC1)C(C)=O. The van der Waals surface area contributed by atoms with E-state index < -0.39 is 0 Å². The number of ether oxygens (including phenoxy) is 1. The van der Waals surface area contributed by atoms with Gasteiger partial charge in [-0.05, 0) is 50.9 Å². The van der Waals surface area contributed by atoms with Crippen molar-refractivity contribution < 1.29 is 9.53 Å². The number of benzene rings is 1. The number of rotatable bonds is 7. The van der Waals surface area contributed by atoms with Gasteiger partial charge in [0.25, 0.3) is 0 Å². The van der Waals surface area contributed by atoms with E-state index in [-0.39, 0.29) is 5.91 Å². The zero-order chi connectivity index (χ0) is 15.8. The van der Waals surface area contributed by atoms with E-state index in [1.165, 1.54) is 12.8 Å². The van der Waals surface area contributed by atoms with Gasteiger partial charge in [-0.15, -0.1) is 0 Å². The van der Waals surface area contributed by atoms with Gasteiger partial charge in [0.1, 0.15) is 12.4 Å². The van der Waals surface area contributed by atoms with Crippen LogP contribution < -0.4 is 4.74 Å². The quantitative estimate of drug-likeness (QED) is 0.776. The van der Waals surface area contributed by atoms with E-state index in [1.54, 1.807) is 6.92 Å². The number of amides is 1. The van der Waals surface area contributed by atoms with E-state index in [0.29, 0.717) is 5.92 Å². The topological polar surface area (TPSA) is 32.8 Å². The van der Waals surface area contributed by atoms with Crippen molar-refractivity contribution in [1.82, 2.24) is 9.80 Å². The molecule has 1 aliphatic rings. The van der Waals surface area contributed by atoms with Crippen LogP contribution in [0.4, 0.5) is 0 Å². The zero-order valence-electron chi connectivity index (χ0n) is 13.8. The molecule has 1 amide bonds. The highest BCUT2D eigenvalue weighted by atomic mass is 16.5. The van der Waals surface area contributed by atoms with E-state index in [4.69, 9.17) is 4.74 Å². The minimum absolute atomic E-state index is 0.196. The van der Waals surface area contributed by atoms with Gasteiger partial charge in [0.05, 0.1) is 0 Å². The molecule has 0 spiro atoms. The lowest BCUT2D eigenvalue weighted by atomic mass is 9.96. The molecule has 0 unspecified atom stereocenters. The van der Waals surface area contributed by atoms with E-state index in [1.807, 2.05) is 35.2 Å². The summed E-state index contributed by atoms with van der Waals surface area (Å²) >= 11 is 0. The summed E-state index contributed by atoms with van der Waals surface area (Å²) in [7, 11) is 0. The van der Waals surface area contributed by atoms with Crippen LogP contribution in [0, 0.1) is 5.92 Å². The number of nitrogens with zero attached hydrogens (tertiary/aromatic N) is 2. The highest BCUT2D eigenvalue weighted by Gasteiger charge is 2.21. The fourth-order valence-corrected chi connectivity index (χ4v) is 2.99. The van der Waals surface area contributed by atoms with Gasteiger partial charge in [0.15, 0.2) is 0 Å².